The molecule has 148 valence electrons. The Labute approximate surface area is 171 Å². The number of hydrogen-bond acceptors (Lipinski definition) is 4. The van der Waals surface area contributed by atoms with Gasteiger partial charge in [0.1, 0.15) is 17.9 Å². The van der Waals surface area contributed by atoms with Gasteiger partial charge in [-0.2, -0.15) is 0 Å². The smallest absolute Gasteiger partial charge is 0.325 e. The summed E-state index contributed by atoms with van der Waals surface area (Å²) in [5.41, 5.74) is 0.0182. The highest BCUT2D eigenvalue weighted by atomic mass is 35.5. The van der Waals surface area contributed by atoms with E-state index in [2.05, 4.69) is 10.3 Å². The van der Waals surface area contributed by atoms with Crippen molar-refractivity contribution in [3.8, 4) is 11.3 Å². The summed E-state index contributed by atoms with van der Waals surface area (Å²) in [6.45, 7) is 1.67. The first-order chi connectivity index (χ1) is 13.9. The van der Waals surface area contributed by atoms with E-state index in [1.807, 2.05) is 6.07 Å². The third-order valence-electron chi connectivity index (χ3n) is 5.00. The molecule has 1 aromatic heterocycles. The Morgan fingerprint density at radius 3 is 2.66 bits per heavy atom. The van der Waals surface area contributed by atoms with Crippen LogP contribution in [-0.2, 0) is 16.9 Å². The Kier molecular flexibility index (Phi) is 4.84. The van der Waals surface area contributed by atoms with Crippen LogP contribution in [0, 0.1) is 5.82 Å². The zero-order chi connectivity index (χ0) is 20.6. The summed E-state index contributed by atoms with van der Waals surface area (Å²) in [4.78, 5) is 30.9. The van der Waals surface area contributed by atoms with Gasteiger partial charge in [0.25, 0.3) is 5.91 Å². The lowest BCUT2D eigenvalue weighted by Crippen LogP contribution is -2.43. The molecule has 1 aliphatic heterocycles. The molecule has 3 amide bonds. The molecule has 0 saturated carbocycles. The molecule has 1 aliphatic rings. The van der Waals surface area contributed by atoms with Crippen LogP contribution in [0.5, 0.6) is 0 Å². The minimum absolute atomic E-state index is 0.117. The molecular weight excluding hydrogens is 397 g/mol. The summed E-state index contributed by atoms with van der Waals surface area (Å²) in [7, 11) is 0. The topological polar surface area (TPSA) is 75.4 Å². The molecule has 0 radical (unpaired) electrons. The summed E-state index contributed by atoms with van der Waals surface area (Å²) in [6.07, 6.45) is 1.84. The van der Waals surface area contributed by atoms with E-state index in [0.29, 0.717) is 22.8 Å². The second kappa shape index (κ2) is 7.33. The minimum atomic E-state index is -1.24. The number of oxazole rings is 1. The molecular formula is C21H17ClFN3O3. The quantitative estimate of drug-likeness (QED) is 0.625. The monoisotopic (exact) mass is 413 g/mol. The molecule has 2 aromatic carbocycles. The molecule has 1 atom stereocenters. The van der Waals surface area contributed by atoms with Crippen molar-refractivity contribution in [2.75, 3.05) is 0 Å². The highest BCUT2D eigenvalue weighted by Gasteiger charge is 2.51. The first-order valence-electron chi connectivity index (χ1n) is 9.04. The summed E-state index contributed by atoms with van der Waals surface area (Å²) in [5, 5.41) is 3.30. The normalized spacial score (nSPS) is 18.9. The maximum absolute atomic E-state index is 13.3. The van der Waals surface area contributed by atoms with Crippen LogP contribution in [0.3, 0.4) is 0 Å². The van der Waals surface area contributed by atoms with Crippen LogP contribution in [0.2, 0.25) is 5.02 Å². The molecule has 1 N–H and O–H groups in total. The zero-order valence-electron chi connectivity index (χ0n) is 15.5. The maximum Gasteiger partial charge on any atom is 0.325 e. The number of aromatic nitrogens is 1. The molecule has 0 aliphatic carbocycles. The van der Waals surface area contributed by atoms with E-state index in [0.717, 1.165) is 10.5 Å². The van der Waals surface area contributed by atoms with Crippen molar-refractivity contribution in [3.63, 3.8) is 0 Å². The third-order valence-corrected chi connectivity index (χ3v) is 5.23. The van der Waals surface area contributed by atoms with Crippen LogP contribution < -0.4 is 5.32 Å². The van der Waals surface area contributed by atoms with Gasteiger partial charge in [-0.15, -0.1) is 0 Å². The Morgan fingerprint density at radius 1 is 1.21 bits per heavy atom. The van der Waals surface area contributed by atoms with Crippen molar-refractivity contribution < 1.29 is 18.4 Å². The number of carbonyl (C=O) groups is 2. The number of amides is 3. The number of carbonyl (C=O) groups excluding carboxylic acids is 2. The highest BCUT2D eigenvalue weighted by Crippen LogP contribution is 2.33. The molecule has 29 heavy (non-hydrogen) atoms. The van der Waals surface area contributed by atoms with E-state index < -0.39 is 23.3 Å². The zero-order valence-corrected chi connectivity index (χ0v) is 16.2. The Balaban J connectivity index is 1.59. The number of benzene rings is 2. The van der Waals surface area contributed by atoms with Crippen molar-refractivity contribution in [3.05, 3.63) is 77.0 Å². The number of hydrogen-bond donors (Lipinski definition) is 1. The number of rotatable bonds is 5. The fourth-order valence-electron chi connectivity index (χ4n) is 3.44. The Morgan fingerprint density at radius 2 is 1.97 bits per heavy atom. The molecule has 1 saturated heterocycles. The van der Waals surface area contributed by atoms with Crippen LogP contribution in [0.4, 0.5) is 9.18 Å². The lowest BCUT2D eigenvalue weighted by molar-refractivity contribution is -0.132. The van der Waals surface area contributed by atoms with Gasteiger partial charge in [0.2, 0.25) is 5.89 Å². The van der Waals surface area contributed by atoms with Gasteiger partial charge in [-0.3, -0.25) is 9.69 Å². The van der Waals surface area contributed by atoms with Crippen LogP contribution in [0.1, 0.15) is 24.8 Å². The average molecular weight is 414 g/mol. The van der Waals surface area contributed by atoms with Crippen molar-refractivity contribution >= 4 is 23.5 Å². The predicted octanol–water partition coefficient (Wildman–Crippen LogP) is 4.49. The minimum Gasteiger partial charge on any atom is -0.439 e. The molecule has 3 aromatic rings. The largest absolute Gasteiger partial charge is 0.439 e. The predicted molar refractivity (Wildman–Crippen MR) is 104 cm³/mol. The fraction of sp³-hybridized carbons (Fsp3) is 0.190. The van der Waals surface area contributed by atoms with Gasteiger partial charge in [0.15, 0.2) is 5.76 Å². The summed E-state index contributed by atoms with van der Waals surface area (Å²) < 4.78 is 19.0. The Hall–Kier alpha value is -3.19. The molecule has 2 heterocycles. The van der Waals surface area contributed by atoms with Gasteiger partial charge in [-0.25, -0.2) is 14.2 Å². The van der Waals surface area contributed by atoms with E-state index in [9.17, 15) is 14.0 Å². The molecule has 6 nitrogen and oxygen atoms in total. The number of imide groups is 1. The summed E-state index contributed by atoms with van der Waals surface area (Å²) in [6, 6.07) is 12.1. The van der Waals surface area contributed by atoms with Crippen molar-refractivity contribution in [2.45, 2.75) is 25.4 Å². The van der Waals surface area contributed by atoms with E-state index in [-0.39, 0.29) is 12.4 Å². The van der Waals surface area contributed by atoms with Gasteiger partial charge in [-0.1, -0.05) is 42.8 Å². The first-order valence-corrected chi connectivity index (χ1v) is 9.41. The van der Waals surface area contributed by atoms with Gasteiger partial charge in [-0.05, 0) is 36.2 Å². The van der Waals surface area contributed by atoms with Gasteiger partial charge < -0.3 is 9.73 Å². The van der Waals surface area contributed by atoms with Crippen LogP contribution in [-0.4, -0.2) is 21.8 Å². The highest BCUT2D eigenvalue weighted by molar-refractivity contribution is 6.30. The standard InChI is InChI=1S/C21H17ClFN3O3/c1-2-21(14-6-8-16(23)9-7-14)19(27)26(20(28)25-21)12-18-24-11-17(29-18)13-4-3-5-15(22)10-13/h3-11H,2,12H2,1H3,(H,25,28). The molecule has 4 rings (SSSR count). The van der Waals surface area contributed by atoms with Gasteiger partial charge in [0.05, 0.1) is 6.20 Å². The molecule has 8 heteroatoms. The van der Waals surface area contributed by atoms with Gasteiger partial charge in [0, 0.05) is 10.6 Å². The van der Waals surface area contributed by atoms with E-state index in [4.69, 9.17) is 16.0 Å². The summed E-state index contributed by atoms with van der Waals surface area (Å²) >= 11 is 6.00. The second-order valence-corrected chi connectivity index (χ2v) is 7.15. The van der Waals surface area contributed by atoms with Gasteiger partial charge >= 0.3 is 6.03 Å². The van der Waals surface area contributed by atoms with Crippen molar-refractivity contribution in [2.24, 2.45) is 0 Å². The SMILES string of the molecule is CCC1(c2ccc(F)cc2)NC(=O)N(Cc2ncc(-c3cccc(Cl)c3)o2)C1=O. The van der Waals surface area contributed by atoms with E-state index in [1.54, 1.807) is 25.1 Å². The first kappa shape index (κ1) is 19.1. The number of urea groups is 1. The number of nitrogens with zero attached hydrogens (tertiary/aromatic N) is 2. The van der Waals surface area contributed by atoms with Crippen molar-refractivity contribution in [1.29, 1.82) is 0 Å². The lowest BCUT2D eigenvalue weighted by atomic mass is 9.87. The molecule has 0 bridgehead atoms. The Bertz CT molecular complexity index is 1080. The summed E-state index contributed by atoms with van der Waals surface area (Å²) in [5.74, 6) is -0.148. The van der Waals surface area contributed by atoms with Crippen LogP contribution in [0.25, 0.3) is 11.3 Å². The average Bonchev–Trinajstić information content (AvgIpc) is 3.28. The van der Waals surface area contributed by atoms with Crippen LogP contribution in [0.15, 0.2) is 59.1 Å². The van der Waals surface area contributed by atoms with E-state index >= 15 is 0 Å². The number of halogens is 2. The van der Waals surface area contributed by atoms with Crippen LogP contribution >= 0.6 is 11.6 Å². The number of nitrogens with one attached hydrogen (secondary N) is 1. The lowest BCUT2D eigenvalue weighted by Gasteiger charge is -2.25. The second-order valence-electron chi connectivity index (χ2n) is 6.72. The third kappa shape index (κ3) is 3.38. The van der Waals surface area contributed by atoms with E-state index in [1.165, 1.54) is 30.5 Å². The van der Waals surface area contributed by atoms with Crippen molar-refractivity contribution in [1.82, 2.24) is 15.2 Å². The molecule has 1 fully saturated rings. The maximum atomic E-state index is 13.3. The molecule has 0 spiro atoms. The fourth-order valence-corrected chi connectivity index (χ4v) is 3.63. The molecule has 1 unspecified atom stereocenters.